The van der Waals surface area contributed by atoms with Crippen LogP contribution in [0, 0.1) is 0 Å². The van der Waals surface area contributed by atoms with Crippen molar-refractivity contribution in [2.75, 3.05) is 31.3 Å². The fraction of sp³-hybridized carbons (Fsp3) is 0.400. The van der Waals surface area contributed by atoms with E-state index in [-0.39, 0.29) is 19.9 Å². The fourth-order valence-corrected chi connectivity index (χ4v) is 1.17. The molecule has 0 aliphatic heterocycles. The molecule has 90 valence electrons. The van der Waals surface area contributed by atoms with Crippen LogP contribution in [0.1, 0.15) is 0 Å². The van der Waals surface area contributed by atoms with Gasteiger partial charge >= 0.3 is 0 Å². The Bertz CT molecular complexity index is 333. The van der Waals surface area contributed by atoms with E-state index in [1.165, 1.54) is 0 Å². The van der Waals surface area contributed by atoms with Crippen LogP contribution in [0.25, 0.3) is 0 Å². The smallest absolute Gasteiger partial charge is 0.142 e. The lowest BCUT2D eigenvalue weighted by Crippen LogP contribution is -2.31. The van der Waals surface area contributed by atoms with Crippen molar-refractivity contribution in [2.45, 2.75) is 6.10 Å². The van der Waals surface area contributed by atoms with Gasteiger partial charge in [0.25, 0.3) is 0 Å². The van der Waals surface area contributed by atoms with Crippen LogP contribution in [0.4, 0.5) is 11.4 Å². The summed E-state index contributed by atoms with van der Waals surface area (Å²) in [5.74, 6) is 0.484. The second-order valence-electron chi connectivity index (χ2n) is 3.37. The minimum absolute atomic E-state index is 0.0983. The van der Waals surface area contributed by atoms with Gasteiger partial charge in [-0.05, 0) is 18.2 Å². The number of hydrogen-bond donors (Lipinski definition) is 5. The summed E-state index contributed by atoms with van der Waals surface area (Å²) in [5.41, 5.74) is 12.2. The van der Waals surface area contributed by atoms with Gasteiger partial charge in [0.2, 0.25) is 0 Å². The predicted octanol–water partition coefficient (Wildman–Crippen LogP) is -0.870. The molecule has 0 saturated heterocycles. The van der Waals surface area contributed by atoms with Crippen molar-refractivity contribution in [2.24, 2.45) is 0 Å². The SMILES string of the molecule is Nc1ccc(OCC(O)CNCO)c(N)c1. The van der Waals surface area contributed by atoms with Crippen LogP contribution in [0.5, 0.6) is 5.75 Å². The molecule has 0 radical (unpaired) electrons. The number of aliphatic hydroxyl groups excluding tert-OH is 2. The number of ether oxygens (including phenoxy) is 1. The number of nitrogens with two attached hydrogens (primary N) is 2. The second-order valence-corrected chi connectivity index (χ2v) is 3.37. The molecule has 0 aromatic heterocycles. The first kappa shape index (κ1) is 12.6. The Morgan fingerprint density at radius 2 is 2.12 bits per heavy atom. The van der Waals surface area contributed by atoms with Gasteiger partial charge in [0.05, 0.1) is 12.4 Å². The van der Waals surface area contributed by atoms with Gasteiger partial charge in [-0.25, -0.2) is 0 Å². The molecular weight excluding hydrogens is 210 g/mol. The summed E-state index contributed by atoms with van der Waals surface area (Å²) in [6, 6.07) is 4.91. The van der Waals surface area contributed by atoms with Gasteiger partial charge in [-0.15, -0.1) is 0 Å². The molecule has 16 heavy (non-hydrogen) atoms. The Kier molecular flexibility index (Phi) is 4.84. The van der Waals surface area contributed by atoms with E-state index in [2.05, 4.69) is 5.32 Å². The van der Waals surface area contributed by atoms with Crippen LogP contribution in [0.15, 0.2) is 18.2 Å². The lowest BCUT2D eigenvalue weighted by molar-refractivity contribution is 0.0984. The van der Waals surface area contributed by atoms with E-state index in [1.807, 2.05) is 0 Å². The van der Waals surface area contributed by atoms with Gasteiger partial charge in [-0.2, -0.15) is 0 Å². The predicted molar refractivity (Wildman–Crippen MR) is 61.9 cm³/mol. The molecule has 0 amide bonds. The molecule has 7 N–H and O–H groups in total. The first-order valence-electron chi connectivity index (χ1n) is 4.91. The zero-order valence-corrected chi connectivity index (χ0v) is 8.89. The maximum Gasteiger partial charge on any atom is 0.142 e. The van der Waals surface area contributed by atoms with Crippen LogP contribution in [-0.4, -0.2) is 36.2 Å². The van der Waals surface area contributed by atoms with Crippen molar-refractivity contribution >= 4 is 11.4 Å². The van der Waals surface area contributed by atoms with Crippen molar-refractivity contribution in [3.63, 3.8) is 0 Å². The molecule has 0 heterocycles. The molecule has 6 nitrogen and oxygen atoms in total. The van der Waals surface area contributed by atoms with Gasteiger partial charge < -0.3 is 26.4 Å². The van der Waals surface area contributed by atoms with E-state index in [0.717, 1.165) is 0 Å². The number of anilines is 2. The van der Waals surface area contributed by atoms with E-state index in [0.29, 0.717) is 17.1 Å². The van der Waals surface area contributed by atoms with Crippen molar-refractivity contribution in [1.82, 2.24) is 5.32 Å². The Hall–Kier alpha value is -1.50. The number of aliphatic hydroxyl groups is 2. The van der Waals surface area contributed by atoms with Crippen molar-refractivity contribution in [3.8, 4) is 5.75 Å². The third-order valence-corrected chi connectivity index (χ3v) is 1.96. The number of rotatable bonds is 6. The highest BCUT2D eigenvalue weighted by Gasteiger charge is 2.06. The van der Waals surface area contributed by atoms with Crippen LogP contribution >= 0.6 is 0 Å². The number of hydrogen-bond acceptors (Lipinski definition) is 6. The summed E-state index contributed by atoms with van der Waals surface area (Å²) < 4.78 is 5.30. The summed E-state index contributed by atoms with van der Waals surface area (Å²) in [6.07, 6.45) is -0.705. The maximum atomic E-state index is 9.42. The number of benzene rings is 1. The molecule has 0 bridgehead atoms. The highest BCUT2D eigenvalue weighted by Crippen LogP contribution is 2.23. The molecule has 1 rings (SSSR count). The zero-order valence-electron chi connectivity index (χ0n) is 8.89. The van der Waals surface area contributed by atoms with Gasteiger partial charge in [-0.1, -0.05) is 0 Å². The van der Waals surface area contributed by atoms with E-state index < -0.39 is 6.10 Å². The molecule has 0 aliphatic rings. The van der Waals surface area contributed by atoms with Gasteiger partial charge in [0.1, 0.15) is 18.5 Å². The first-order valence-corrected chi connectivity index (χ1v) is 4.91. The minimum Gasteiger partial charge on any atom is -0.489 e. The average molecular weight is 227 g/mol. The standard InChI is InChI=1S/C10H17N3O3/c11-7-1-2-10(9(12)3-7)16-5-8(15)4-13-6-14/h1-3,8,13-15H,4-6,11-12H2. The van der Waals surface area contributed by atoms with Crippen LogP contribution < -0.4 is 21.5 Å². The molecule has 0 fully saturated rings. The van der Waals surface area contributed by atoms with E-state index >= 15 is 0 Å². The topological polar surface area (TPSA) is 114 Å². The Morgan fingerprint density at radius 1 is 1.38 bits per heavy atom. The third-order valence-electron chi connectivity index (χ3n) is 1.96. The fourth-order valence-electron chi connectivity index (χ4n) is 1.17. The molecule has 1 atom stereocenters. The molecule has 1 aromatic carbocycles. The molecule has 1 aromatic rings. The summed E-state index contributed by atoms with van der Waals surface area (Å²) >= 11 is 0. The number of nitrogens with one attached hydrogen (secondary N) is 1. The molecular formula is C10H17N3O3. The Morgan fingerprint density at radius 3 is 2.75 bits per heavy atom. The molecule has 0 saturated carbocycles. The Balaban J connectivity index is 2.42. The third kappa shape index (κ3) is 3.93. The highest BCUT2D eigenvalue weighted by atomic mass is 16.5. The zero-order chi connectivity index (χ0) is 12.0. The molecule has 6 heteroatoms. The minimum atomic E-state index is -0.705. The van der Waals surface area contributed by atoms with Crippen molar-refractivity contribution < 1.29 is 14.9 Å². The maximum absolute atomic E-state index is 9.42. The van der Waals surface area contributed by atoms with Gasteiger partial charge in [0, 0.05) is 12.2 Å². The summed E-state index contributed by atoms with van der Waals surface area (Å²) in [6.45, 7) is 0.174. The van der Waals surface area contributed by atoms with Crippen LogP contribution in [0.3, 0.4) is 0 Å². The van der Waals surface area contributed by atoms with Crippen molar-refractivity contribution in [3.05, 3.63) is 18.2 Å². The largest absolute Gasteiger partial charge is 0.489 e. The quantitative estimate of drug-likeness (QED) is 0.319. The van der Waals surface area contributed by atoms with Gasteiger partial charge in [-0.3, -0.25) is 5.32 Å². The van der Waals surface area contributed by atoms with Gasteiger partial charge in [0.15, 0.2) is 0 Å². The highest BCUT2D eigenvalue weighted by molar-refractivity contribution is 5.60. The number of nitrogen functional groups attached to an aromatic ring is 2. The average Bonchev–Trinajstić information content (AvgIpc) is 2.25. The molecule has 0 aliphatic carbocycles. The lowest BCUT2D eigenvalue weighted by Gasteiger charge is -2.13. The summed E-state index contributed by atoms with van der Waals surface area (Å²) in [4.78, 5) is 0. The van der Waals surface area contributed by atoms with E-state index in [9.17, 15) is 5.11 Å². The monoisotopic (exact) mass is 227 g/mol. The van der Waals surface area contributed by atoms with E-state index in [1.54, 1.807) is 18.2 Å². The normalized spacial score (nSPS) is 12.4. The Labute approximate surface area is 93.8 Å². The second kappa shape index (κ2) is 6.16. The van der Waals surface area contributed by atoms with Crippen LogP contribution in [0.2, 0.25) is 0 Å². The van der Waals surface area contributed by atoms with Crippen molar-refractivity contribution in [1.29, 1.82) is 0 Å². The lowest BCUT2D eigenvalue weighted by atomic mass is 10.2. The molecule has 0 spiro atoms. The first-order chi connectivity index (χ1) is 7.63. The summed E-state index contributed by atoms with van der Waals surface area (Å²) in [7, 11) is 0. The van der Waals surface area contributed by atoms with Crippen LogP contribution in [-0.2, 0) is 0 Å². The summed E-state index contributed by atoms with van der Waals surface area (Å²) in [5, 5.41) is 20.5. The van der Waals surface area contributed by atoms with E-state index in [4.69, 9.17) is 21.3 Å². The molecule has 1 unspecified atom stereocenters.